The molecular formula is C93H97BBr2Cl3IN10O13S3. The van der Waals surface area contributed by atoms with Gasteiger partial charge in [-0.1, -0.05) is 125 Å². The second-order valence-corrected chi connectivity index (χ2v) is 39.6. The molecule has 0 saturated carbocycles. The molecule has 23 nitrogen and oxygen atoms in total. The number of rotatable bonds is 17. The number of aromatic nitrogens is 8. The molecule has 0 radical (unpaired) electrons. The number of phenols is 1. The Bertz CT molecular complexity index is 6910. The molecule has 0 bridgehead atoms. The van der Waals surface area contributed by atoms with Crippen molar-refractivity contribution in [3.05, 3.63) is 262 Å². The number of fused-ring (bicyclic) bond motifs is 9. The number of hydrogen-bond acceptors (Lipinski definition) is 20. The lowest BCUT2D eigenvalue weighted by atomic mass is 9.80. The van der Waals surface area contributed by atoms with E-state index in [1.54, 1.807) is 115 Å². The van der Waals surface area contributed by atoms with Gasteiger partial charge in [-0.05, 0) is 284 Å². The zero-order valence-corrected chi connectivity index (χ0v) is 81.7. The number of nitrogens with two attached hydrogens (primary N) is 1. The quantitative estimate of drug-likeness (QED) is 0.0310. The maximum absolute atomic E-state index is 12.3. The van der Waals surface area contributed by atoms with Gasteiger partial charge in [-0.2, -0.15) is 0 Å². The molecule has 16 rings (SSSR count). The summed E-state index contributed by atoms with van der Waals surface area (Å²) in [5.74, 6) is 4.61. The van der Waals surface area contributed by atoms with Crippen LogP contribution in [0.5, 0.6) is 28.7 Å². The molecule has 9 N–H and O–H groups in total. The van der Waals surface area contributed by atoms with Crippen LogP contribution in [0.4, 0.5) is 17.3 Å². The van der Waals surface area contributed by atoms with Crippen LogP contribution in [0.2, 0.25) is 15.1 Å². The third-order valence-corrected chi connectivity index (χ3v) is 27.5. The summed E-state index contributed by atoms with van der Waals surface area (Å²) in [5, 5.41) is 39.0. The van der Waals surface area contributed by atoms with Crippen molar-refractivity contribution in [2.75, 3.05) is 56.7 Å². The van der Waals surface area contributed by atoms with E-state index in [0.29, 0.717) is 42.6 Å². The van der Waals surface area contributed by atoms with Crippen molar-refractivity contribution in [2.45, 2.75) is 103 Å². The summed E-state index contributed by atoms with van der Waals surface area (Å²) in [4.78, 5) is 32.0. The van der Waals surface area contributed by atoms with Gasteiger partial charge in [-0.3, -0.25) is 0 Å². The van der Waals surface area contributed by atoms with Crippen LogP contribution in [0, 0.1) is 38.2 Å². The number of anilines is 3. The smallest absolute Gasteiger partial charge is 0.488 e. The molecule has 0 amide bonds. The van der Waals surface area contributed by atoms with Crippen LogP contribution in [0.1, 0.15) is 81.7 Å². The van der Waals surface area contributed by atoms with Gasteiger partial charge < -0.3 is 60.1 Å². The van der Waals surface area contributed by atoms with Crippen molar-refractivity contribution in [1.29, 1.82) is 0 Å². The molecule has 0 aliphatic carbocycles. The standard InChI is InChI=1S/C21H20N2O3S.C20H18N2O3S.C13H12BrClN2O.C13H11ClN2O.C8H11BO4S.C7H6ClIO.C6H7BrN2.C5H12/c1-4-27(24,25)15-7-5-6-14(11-15)16-8-9-18(26-3)20-19(16)17-10-13(2)12-22-21(17)23-20;1-3-26(24,25)14-6-4-5-13(10-14)15-7-8-17(23)19-18(15)16-9-12(2)11-21-20(16)22-19;1-8-5-10(14)13(16-7-8)17-11-6-9(15)3-4-12(11)18-2;1-7-5-8-11-9(14)3-4-10(17-2)12(11)16-13(8)15-6-7;1-2-14(12,13)8-5-3-4-7(6-8)9(10)11;1-10-7-3-2-5(8)4-6(7)9;1-4-2-5(7)6(8)9-3-4;1-3-5-4-2/h5-12H,4H2,1-3H3,(H,22,23);4-11,23H,3H2,1-2H3,(H,21,22);3-7H,1-2H3,(H,16,17);3-6H,1-2H3,(H,15,16);3-6,10-11H,2H2,1H3;2-4H,1H3;2-3H,1H3,(H2,8,9);3-5H2,1-2H3. The van der Waals surface area contributed by atoms with Crippen LogP contribution < -0.4 is 35.5 Å². The molecule has 0 aliphatic rings. The molecule has 8 heterocycles. The van der Waals surface area contributed by atoms with E-state index >= 15 is 0 Å². The van der Waals surface area contributed by atoms with Gasteiger partial charge in [0.15, 0.2) is 29.5 Å². The molecule has 0 spiro atoms. The van der Waals surface area contributed by atoms with E-state index in [0.717, 1.165) is 151 Å². The van der Waals surface area contributed by atoms with E-state index in [2.05, 4.69) is 126 Å². The molecule has 126 heavy (non-hydrogen) atoms. The number of aromatic hydroxyl groups is 1. The molecule has 0 unspecified atom stereocenters. The second-order valence-electron chi connectivity index (χ2n) is 28.6. The Balaban J connectivity index is 0.000000169. The Hall–Kier alpha value is -10.1. The molecule has 660 valence electrons. The largest absolute Gasteiger partial charge is 0.506 e. The van der Waals surface area contributed by atoms with Crippen LogP contribution >= 0.6 is 89.3 Å². The topological polar surface area (TPSA) is 350 Å². The summed E-state index contributed by atoms with van der Waals surface area (Å²) >= 11 is 26.9. The van der Waals surface area contributed by atoms with Gasteiger partial charge in [0.2, 0.25) is 0 Å². The number of benzene rings is 8. The van der Waals surface area contributed by atoms with Crippen LogP contribution in [-0.4, -0.2) is 133 Å². The number of H-pyrrole nitrogens is 3. The number of hydrogen-bond donors (Lipinski definition) is 8. The summed E-state index contributed by atoms with van der Waals surface area (Å²) in [7, 11) is -4.95. The van der Waals surface area contributed by atoms with E-state index in [9.17, 15) is 30.4 Å². The first kappa shape index (κ1) is 99.7. The number of nitrogens with zero attached hydrogens (tertiary/aromatic N) is 5. The minimum absolute atomic E-state index is 0.00201. The van der Waals surface area contributed by atoms with Gasteiger partial charge in [0, 0.05) is 73.3 Å². The van der Waals surface area contributed by atoms with E-state index in [1.807, 2.05) is 132 Å². The first-order chi connectivity index (χ1) is 60.0. The van der Waals surface area contributed by atoms with Crippen molar-refractivity contribution >= 4 is 214 Å². The van der Waals surface area contributed by atoms with Gasteiger partial charge in [-0.15, -0.1) is 0 Å². The highest BCUT2D eigenvalue weighted by molar-refractivity contribution is 14.1. The Morgan fingerprint density at radius 2 is 0.849 bits per heavy atom. The van der Waals surface area contributed by atoms with Gasteiger partial charge in [-0.25, -0.2) is 50.2 Å². The number of phenolic OH excluding ortho intramolecular Hbond substituents is 1. The number of pyridine rings is 5. The fourth-order valence-corrected chi connectivity index (χ4v) is 18.2. The maximum Gasteiger partial charge on any atom is 0.488 e. The lowest BCUT2D eigenvalue weighted by molar-refractivity contribution is 0.412. The molecule has 8 aromatic heterocycles. The normalized spacial score (nSPS) is 11.1. The Morgan fingerprint density at radius 1 is 0.452 bits per heavy atom. The first-order valence-corrected chi connectivity index (χ1v) is 48.3. The lowest BCUT2D eigenvalue weighted by Gasteiger charge is -2.12. The fraction of sp³-hybridized carbons (Fsp3) is 0.215. The third-order valence-electron chi connectivity index (χ3n) is 19.4. The molecule has 0 fully saturated rings. The summed E-state index contributed by atoms with van der Waals surface area (Å²) in [6.07, 6.45) is 13.0. The third kappa shape index (κ3) is 25.4. The van der Waals surface area contributed by atoms with E-state index < -0.39 is 36.6 Å². The van der Waals surface area contributed by atoms with Crippen molar-refractivity contribution in [1.82, 2.24) is 39.9 Å². The summed E-state index contributed by atoms with van der Waals surface area (Å²) in [6, 6.07) is 51.6. The number of unbranched alkanes of at least 4 members (excludes halogenated alkanes) is 2. The Kier molecular flexibility index (Phi) is 36.0. The van der Waals surface area contributed by atoms with Gasteiger partial charge >= 0.3 is 7.12 Å². The van der Waals surface area contributed by atoms with E-state index in [1.165, 1.54) is 50.5 Å². The fourth-order valence-electron chi connectivity index (χ4n) is 12.8. The molecule has 8 aromatic carbocycles. The van der Waals surface area contributed by atoms with Crippen LogP contribution in [0.15, 0.2) is 231 Å². The monoisotopic (exact) mass is 2060 g/mol. The van der Waals surface area contributed by atoms with Gasteiger partial charge in [0.05, 0.1) is 100 Å². The highest BCUT2D eigenvalue weighted by atomic mass is 127. The maximum atomic E-state index is 12.3. The number of halogens is 6. The van der Waals surface area contributed by atoms with E-state index in [4.69, 9.17) is 69.5 Å². The molecule has 16 aromatic rings. The van der Waals surface area contributed by atoms with Crippen molar-refractivity contribution < 1.29 is 59.4 Å². The average molecular weight is 2060 g/mol. The predicted molar refractivity (Wildman–Crippen MR) is 530 cm³/mol. The number of aryl methyl sites for hydroxylation is 5. The van der Waals surface area contributed by atoms with Crippen LogP contribution in [-0.2, 0) is 29.5 Å². The average Bonchev–Trinajstić information content (AvgIpc) is 1.59. The Labute approximate surface area is 780 Å². The van der Waals surface area contributed by atoms with Gasteiger partial charge in [0.25, 0.3) is 0 Å². The van der Waals surface area contributed by atoms with Crippen molar-refractivity contribution in [2.24, 2.45) is 0 Å². The zero-order valence-electron chi connectivity index (χ0n) is 71.7. The molecule has 0 saturated heterocycles. The molecule has 0 aliphatic heterocycles. The number of methoxy groups -OCH3 is 4. The summed E-state index contributed by atoms with van der Waals surface area (Å²) < 4.78 is 95.9. The number of nitrogens with one attached hydrogen (secondary N) is 4. The minimum atomic E-state index is -3.30. The van der Waals surface area contributed by atoms with E-state index in [-0.39, 0.29) is 33.4 Å². The minimum Gasteiger partial charge on any atom is -0.506 e. The first-order valence-electron chi connectivity index (χ1n) is 39.6. The molecular weight excluding hydrogens is 1970 g/mol. The number of sulfone groups is 3. The number of nitrogen functional groups attached to an aromatic ring is 1. The summed E-state index contributed by atoms with van der Waals surface area (Å²) in [6.45, 7) is 19.2. The number of aromatic amines is 3. The highest BCUT2D eigenvalue weighted by Gasteiger charge is 2.22. The van der Waals surface area contributed by atoms with Gasteiger partial charge in [0.1, 0.15) is 57.3 Å². The Morgan fingerprint density at radius 3 is 1.29 bits per heavy atom. The predicted octanol–water partition coefficient (Wildman–Crippen LogP) is 23.0. The molecule has 33 heteroatoms. The van der Waals surface area contributed by atoms with Crippen molar-refractivity contribution in [3.63, 3.8) is 0 Å². The highest BCUT2D eigenvalue weighted by Crippen LogP contribution is 2.43. The summed E-state index contributed by atoms with van der Waals surface area (Å²) in [5.41, 5.74) is 19.8. The molecule has 0 atom stereocenters. The lowest BCUT2D eigenvalue weighted by Crippen LogP contribution is -2.30. The van der Waals surface area contributed by atoms with Crippen LogP contribution in [0.25, 0.3) is 88.1 Å². The van der Waals surface area contributed by atoms with Crippen molar-refractivity contribution in [3.8, 4) is 51.0 Å². The zero-order chi connectivity index (χ0) is 92.1. The SMILES string of the molecule is CCCCC.CCS(=O)(=O)c1cccc(-c2ccc(O)c3[nH]c4ncc(C)cc4c23)c1.CCS(=O)(=O)c1cccc(-c2ccc(OC)c3[nH]c4ncc(C)cc4c23)c1.CCS(=O)(=O)c1cccc(B(O)O)c1.COc1ccc(Cl)c2c1[nH]c1ncc(C)cc12.COc1ccc(Cl)cc1I.COc1ccc(Cl)cc1Nc1ncc(C)cc1Br.Cc1cnc(N)c(Br)c1. The second kappa shape index (κ2) is 45.6. The number of ether oxygens (including phenoxy) is 4. The van der Waals surface area contributed by atoms with Crippen LogP contribution in [0.3, 0.4) is 0 Å².